The van der Waals surface area contributed by atoms with Gasteiger partial charge in [0.25, 0.3) is 0 Å². The van der Waals surface area contributed by atoms with Crippen molar-refractivity contribution in [1.82, 2.24) is 9.78 Å². The van der Waals surface area contributed by atoms with E-state index in [1.54, 1.807) is 0 Å². The molecule has 2 aromatic rings. The van der Waals surface area contributed by atoms with E-state index in [4.69, 9.17) is 0 Å². The molecule has 0 saturated carbocycles. The summed E-state index contributed by atoms with van der Waals surface area (Å²) in [6, 6.07) is 6.05. The maximum absolute atomic E-state index is 4.61. The smallest absolute Gasteiger partial charge is 0.0767 e. The molecule has 0 unspecified atom stereocenters. The number of hydrogen-bond acceptors (Lipinski definition) is 2. The molecule has 0 bridgehead atoms. The van der Waals surface area contributed by atoms with Gasteiger partial charge in [-0.3, -0.25) is 4.68 Å². The van der Waals surface area contributed by atoms with Crippen LogP contribution in [0.3, 0.4) is 0 Å². The summed E-state index contributed by atoms with van der Waals surface area (Å²) in [5.74, 6) is 0. The van der Waals surface area contributed by atoms with Crippen LogP contribution in [0.5, 0.6) is 0 Å². The van der Waals surface area contributed by atoms with E-state index in [0.717, 1.165) is 44.3 Å². The lowest BCUT2D eigenvalue weighted by atomic mass is 10.3. The molecule has 0 amide bonds. The first kappa shape index (κ1) is 16.0. The number of halogens is 3. The molecule has 0 aliphatic rings. The van der Waals surface area contributed by atoms with Crippen LogP contribution in [0.1, 0.15) is 25.2 Å². The first-order valence-electron chi connectivity index (χ1n) is 6.50. The van der Waals surface area contributed by atoms with E-state index < -0.39 is 0 Å². The minimum Gasteiger partial charge on any atom is -0.378 e. The van der Waals surface area contributed by atoms with Crippen LogP contribution >= 0.6 is 47.8 Å². The number of benzene rings is 1. The number of para-hydroxylation sites is 1. The van der Waals surface area contributed by atoms with Crippen molar-refractivity contribution >= 4 is 53.5 Å². The second kappa shape index (κ2) is 7.09. The summed E-state index contributed by atoms with van der Waals surface area (Å²) in [6.45, 7) is 5.82. The molecule has 0 atom stereocenters. The molecule has 1 aromatic heterocycles. The van der Waals surface area contributed by atoms with Gasteiger partial charge in [-0.15, -0.1) is 0 Å². The van der Waals surface area contributed by atoms with Gasteiger partial charge >= 0.3 is 0 Å². The van der Waals surface area contributed by atoms with Crippen molar-refractivity contribution in [2.45, 2.75) is 33.4 Å². The Bertz CT molecular complexity index is 588. The zero-order valence-electron chi connectivity index (χ0n) is 11.4. The predicted molar refractivity (Wildman–Crippen MR) is 94.1 cm³/mol. The Morgan fingerprint density at radius 2 is 1.80 bits per heavy atom. The van der Waals surface area contributed by atoms with Crippen LogP contribution in [0.4, 0.5) is 5.69 Å². The van der Waals surface area contributed by atoms with Gasteiger partial charge in [-0.25, -0.2) is 0 Å². The van der Waals surface area contributed by atoms with Crippen molar-refractivity contribution in [1.29, 1.82) is 0 Å². The average molecular weight is 466 g/mol. The zero-order valence-corrected chi connectivity index (χ0v) is 16.1. The Hall–Kier alpha value is -0.330. The topological polar surface area (TPSA) is 29.9 Å². The number of aryl methyl sites for hydroxylation is 2. The third-order valence-corrected chi connectivity index (χ3v) is 5.33. The van der Waals surface area contributed by atoms with Gasteiger partial charge in [0.2, 0.25) is 0 Å². The molecule has 108 valence electrons. The van der Waals surface area contributed by atoms with Crippen molar-refractivity contribution in [2.75, 3.05) is 5.32 Å². The molecule has 6 heteroatoms. The number of hydrogen-bond donors (Lipinski definition) is 1. The number of rotatable bonds is 5. The summed E-state index contributed by atoms with van der Waals surface area (Å²) >= 11 is 10.8. The quantitative estimate of drug-likeness (QED) is 0.643. The molecular formula is C14H16Br3N3. The van der Waals surface area contributed by atoms with Crippen LogP contribution in [-0.4, -0.2) is 9.78 Å². The molecule has 3 nitrogen and oxygen atoms in total. The normalized spacial score (nSPS) is 10.8. The van der Waals surface area contributed by atoms with E-state index in [9.17, 15) is 0 Å². The fourth-order valence-corrected chi connectivity index (χ4v) is 4.01. The maximum atomic E-state index is 4.61. The van der Waals surface area contributed by atoms with Crippen LogP contribution in [0.15, 0.2) is 31.6 Å². The van der Waals surface area contributed by atoms with Gasteiger partial charge < -0.3 is 5.32 Å². The van der Waals surface area contributed by atoms with Crippen molar-refractivity contribution < 1.29 is 0 Å². The Kier molecular flexibility index (Phi) is 5.69. The van der Waals surface area contributed by atoms with Crippen molar-refractivity contribution in [3.63, 3.8) is 0 Å². The zero-order chi connectivity index (χ0) is 14.7. The van der Waals surface area contributed by atoms with Gasteiger partial charge in [-0.05, 0) is 73.3 Å². The highest BCUT2D eigenvalue weighted by molar-refractivity contribution is 9.11. The molecule has 20 heavy (non-hydrogen) atoms. The Morgan fingerprint density at radius 1 is 1.15 bits per heavy atom. The monoisotopic (exact) mass is 463 g/mol. The molecule has 0 aliphatic carbocycles. The highest BCUT2D eigenvalue weighted by Crippen LogP contribution is 2.32. The SMILES string of the molecule is CCc1nn(CC)c(CNc2c(Br)cccc2Br)c1Br. The molecule has 1 N–H and O–H groups in total. The molecule has 0 aliphatic heterocycles. The van der Waals surface area contributed by atoms with Crippen LogP contribution in [0, 0.1) is 0 Å². The van der Waals surface area contributed by atoms with E-state index in [1.165, 1.54) is 5.69 Å². The second-order valence-corrected chi connectivity index (χ2v) is 6.83. The van der Waals surface area contributed by atoms with Crippen molar-refractivity contribution in [3.8, 4) is 0 Å². The molecule has 1 aromatic carbocycles. The standard InChI is InChI=1S/C14H16Br3N3/c1-3-11-13(17)12(20(4-2)19-11)8-18-14-9(15)6-5-7-10(14)16/h5-7,18H,3-4,8H2,1-2H3. The van der Waals surface area contributed by atoms with Crippen LogP contribution in [0.2, 0.25) is 0 Å². The number of nitrogens with zero attached hydrogens (tertiary/aromatic N) is 2. The molecule has 0 saturated heterocycles. The number of aromatic nitrogens is 2. The minimum atomic E-state index is 0.725. The Morgan fingerprint density at radius 3 is 2.35 bits per heavy atom. The first-order chi connectivity index (χ1) is 9.58. The van der Waals surface area contributed by atoms with Crippen molar-refractivity contribution in [2.24, 2.45) is 0 Å². The van der Waals surface area contributed by atoms with E-state index in [1.807, 2.05) is 22.9 Å². The van der Waals surface area contributed by atoms with Crippen LogP contribution < -0.4 is 5.32 Å². The number of nitrogens with one attached hydrogen (secondary N) is 1. The summed E-state index contributed by atoms with van der Waals surface area (Å²) in [4.78, 5) is 0. The maximum Gasteiger partial charge on any atom is 0.0767 e. The predicted octanol–water partition coefficient (Wildman–Crippen LogP) is 5.37. The Balaban J connectivity index is 2.25. The third-order valence-electron chi connectivity index (χ3n) is 3.09. The minimum absolute atomic E-state index is 0.725. The molecule has 0 fully saturated rings. The molecule has 0 radical (unpaired) electrons. The summed E-state index contributed by atoms with van der Waals surface area (Å²) < 4.78 is 5.24. The van der Waals surface area contributed by atoms with E-state index in [-0.39, 0.29) is 0 Å². The summed E-state index contributed by atoms with van der Waals surface area (Å²) in [6.07, 6.45) is 0.930. The number of anilines is 1. The lowest BCUT2D eigenvalue weighted by Crippen LogP contribution is -2.09. The highest BCUT2D eigenvalue weighted by atomic mass is 79.9. The summed E-state index contributed by atoms with van der Waals surface area (Å²) in [7, 11) is 0. The fraction of sp³-hybridized carbons (Fsp3) is 0.357. The lowest BCUT2D eigenvalue weighted by Gasteiger charge is -2.12. The van der Waals surface area contributed by atoms with E-state index >= 15 is 0 Å². The Labute approximate surface area is 144 Å². The molecular weight excluding hydrogens is 450 g/mol. The summed E-state index contributed by atoms with van der Waals surface area (Å²) in [5.41, 5.74) is 3.34. The summed E-state index contributed by atoms with van der Waals surface area (Å²) in [5, 5.41) is 8.08. The average Bonchev–Trinajstić information content (AvgIpc) is 2.74. The van der Waals surface area contributed by atoms with Gasteiger partial charge in [0, 0.05) is 15.5 Å². The van der Waals surface area contributed by atoms with Crippen LogP contribution in [-0.2, 0) is 19.5 Å². The van der Waals surface area contributed by atoms with Gasteiger partial charge in [-0.1, -0.05) is 13.0 Å². The molecule has 2 rings (SSSR count). The van der Waals surface area contributed by atoms with Gasteiger partial charge in [0.15, 0.2) is 0 Å². The largest absolute Gasteiger partial charge is 0.378 e. The van der Waals surface area contributed by atoms with E-state index in [0.29, 0.717) is 0 Å². The van der Waals surface area contributed by atoms with Crippen LogP contribution in [0.25, 0.3) is 0 Å². The van der Waals surface area contributed by atoms with Gasteiger partial charge in [0.05, 0.1) is 28.1 Å². The first-order valence-corrected chi connectivity index (χ1v) is 8.88. The molecule has 1 heterocycles. The second-order valence-electron chi connectivity index (χ2n) is 4.33. The lowest BCUT2D eigenvalue weighted by molar-refractivity contribution is 0.619. The highest BCUT2D eigenvalue weighted by Gasteiger charge is 2.14. The van der Waals surface area contributed by atoms with Gasteiger partial charge in [-0.2, -0.15) is 5.10 Å². The third kappa shape index (κ3) is 3.28. The van der Waals surface area contributed by atoms with Crippen molar-refractivity contribution in [3.05, 3.63) is 43.0 Å². The fourth-order valence-electron chi connectivity index (χ4n) is 2.02. The van der Waals surface area contributed by atoms with E-state index in [2.05, 4.69) is 72.1 Å². The molecule has 0 spiro atoms. The van der Waals surface area contributed by atoms with Gasteiger partial charge in [0.1, 0.15) is 0 Å².